The lowest BCUT2D eigenvalue weighted by Gasteiger charge is -2.35. The van der Waals surface area contributed by atoms with Crippen LogP contribution in [0.1, 0.15) is 23.2 Å². The lowest BCUT2D eigenvalue weighted by molar-refractivity contribution is 0.0633. The van der Waals surface area contributed by atoms with Crippen LogP contribution in [-0.4, -0.2) is 48.4 Å². The van der Waals surface area contributed by atoms with Gasteiger partial charge < -0.3 is 10.6 Å². The van der Waals surface area contributed by atoms with Crippen molar-refractivity contribution in [3.8, 4) is 0 Å². The number of nitrogens with zero attached hydrogens (tertiary/aromatic N) is 2. The van der Waals surface area contributed by atoms with E-state index >= 15 is 0 Å². The molecule has 5 heteroatoms. The third kappa shape index (κ3) is 3.15. The van der Waals surface area contributed by atoms with Gasteiger partial charge in [-0.3, -0.25) is 9.69 Å². The quantitative estimate of drug-likeness (QED) is 0.860. The number of halogens is 1. The molecule has 1 amide bonds. The van der Waals surface area contributed by atoms with Crippen molar-refractivity contribution >= 4 is 27.5 Å². The maximum absolute atomic E-state index is 12.5. The second kappa shape index (κ2) is 5.74. The minimum atomic E-state index is 0.0508. The van der Waals surface area contributed by atoms with Crippen molar-refractivity contribution in [3.63, 3.8) is 0 Å². The molecule has 4 nitrogen and oxygen atoms in total. The van der Waals surface area contributed by atoms with Crippen LogP contribution < -0.4 is 5.73 Å². The SMILES string of the molecule is Nc1ccc(Br)cc1C(=O)N1CCN(CC2CC2)CC1. The number of carbonyl (C=O) groups is 1. The molecule has 20 heavy (non-hydrogen) atoms. The second-order valence-corrected chi connectivity index (χ2v) is 6.68. The number of amides is 1. The summed E-state index contributed by atoms with van der Waals surface area (Å²) in [6, 6.07) is 5.45. The topological polar surface area (TPSA) is 49.6 Å². The molecule has 1 aromatic carbocycles. The summed E-state index contributed by atoms with van der Waals surface area (Å²) < 4.78 is 0.891. The van der Waals surface area contributed by atoms with Crippen molar-refractivity contribution in [2.45, 2.75) is 12.8 Å². The summed E-state index contributed by atoms with van der Waals surface area (Å²) in [7, 11) is 0. The van der Waals surface area contributed by atoms with Gasteiger partial charge in [0.15, 0.2) is 0 Å². The molecule has 1 saturated heterocycles. The van der Waals surface area contributed by atoms with Crippen LogP contribution in [0, 0.1) is 5.92 Å². The van der Waals surface area contributed by atoms with Crippen molar-refractivity contribution in [1.29, 1.82) is 0 Å². The Morgan fingerprint density at radius 1 is 1.25 bits per heavy atom. The zero-order valence-electron chi connectivity index (χ0n) is 11.5. The molecule has 1 aromatic rings. The molecular formula is C15H20BrN3O. The van der Waals surface area contributed by atoms with E-state index in [9.17, 15) is 4.79 Å². The Morgan fingerprint density at radius 3 is 2.60 bits per heavy atom. The standard InChI is InChI=1S/C15H20BrN3O/c16-12-3-4-14(17)13(9-12)15(20)19-7-5-18(6-8-19)10-11-1-2-11/h3-4,9,11H,1-2,5-8,10,17H2. The number of nitrogen functional groups attached to an aromatic ring is 1. The fourth-order valence-corrected chi connectivity index (χ4v) is 3.04. The third-order valence-corrected chi connectivity index (χ3v) is 4.61. The Labute approximate surface area is 128 Å². The molecule has 1 heterocycles. The first-order valence-electron chi connectivity index (χ1n) is 7.20. The largest absolute Gasteiger partial charge is 0.398 e. The minimum absolute atomic E-state index is 0.0508. The van der Waals surface area contributed by atoms with Crippen LogP contribution in [-0.2, 0) is 0 Å². The van der Waals surface area contributed by atoms with Crippen molar-refractivity contribution < 1.29 is 4.79 Å². The zero-order chi connectivity index (χ0) is 14.1. The Balaban J connectivity index is 1.61. The van der Waals surface area contributed by atoms with E-state index in [0.29, 0.717) is 11.3 Å². The average Bonchev–Trinajstić information content (AvgIpc) is 3.26. The molecule has 0 bridgehead atoms. The summed E-state index contributed by atoms with van der Waals surface area (Å²) in [6.45, 7) is 4.78. The van der Waals surface area contributed by atoms with E-state index in [1.807, 2.05) is 17.0 Å². The smallest absolute Gasteiger partial charge is 0.256 e. The number of rotatable bonds is 3. The number of carbonyl (C=O) groups excluding carboxylic acids is 1. The Bertz CT molecular complexity index is 508. The van der Waals surface area contributed by atoms with Gasteiger partial charge in [0.05, 0.1) is 5.56 Å². The fraction of sp³-hybridized carbons (Fsp3) is 0.533. The van der Waals surface area contributed by atoms with Gasteiger partial charge in [-0.1, -0.05) is 15.9 Å². The fourth-order valence-electron chi connectivity index (χ4n) is 2.68. The van der Waals surface area contributed by atoms with Crippen LogP contribution in [0.5, 0.6) is 0 Å². The van der Waals surface area contributed by atoms with Gasteiger partial charge in [-0.25, -0.2) is 0 Å². The third-order valence-electron chi connectivity index (χ3n) is 4.12. The Morgan fingerprint density at radius 2 is 1.95 bits per heavy atom. The van der Waals surface area contributed by atoms with Gasteiger partial charge in [-0.2, -0.15) is 0 Å². The van der Waals surface area contributed by atoms with E-state index < -0.39 is 0 Å². The van der Waals surface area contributed by atoms with Gasteiger partial charge in [-0.15, -0.1) is 0 Å². The summed E-state index contributed by atoms with van der Waals surface area (Å²) in [5.74, 6) is 0.966. The Hall–Kier alpha value is -1.07. The molecule has 0 atom stereocenters. The van der Waals surface area contributed by atoms with Gasteiger partial charge in [0.1, 0.15) is 0 Å². The van der Waals surface area contributed by atoms with Crippen molar-refractivity contribution in [2.75, 3.05) is 38.5 Å². The summed E-state index contributed by atoms with van der Waals surface area (Å²) in [5.41, 5.74) is 7.08. The van der Waals surface area contributed by atoms with Crippen LogP contribution in [0.4, 0.5) is 5.69 Å². The van der Waals surface area contributed by atoms with E-state index in [1.165, 1.54) is 19.4 Å². The predicted octanol–water partition coefficient (Wildman–Crippen LogP) is 2.20. The summed E-state index contributed by atoms with van der Waals surface area (Å²) in [4.78, 5) is 16.9. The maximum atomic E-state index is 12.5. The molecule has 108 valence electrons. The summed E-state index contributed by atoms with van der Waals surface area (Å²) >= 11 is 3.40. The lowest BCUT2D eigenvalue weighted by atomic mass is 10.1. The average molecular weight is 338 g/mol. The van der Waals surface area contributed by atoms with E-state index in [-0.39, 0.29) is 5.91 Å². The van der Waals surface area contributed by atoms with Crippen LogP contribution in [0.2, 0.25) is 0 Å². The van der Waals surface area contributed by atoms with Crippen molar-refractivity contribution in [3.05, 3.63) is 28.2 Å². The first-order chi connectivity index (χ1) is 9.63. The normalized spacial score (nSPS) is 20.1. The molecular weight excluding hydrogens is 318 g/mol. The first kappa shape index (κ1) is 13.9. The molecule has 0 spiro atoms. The monoisotopic (exact) mass is 337 g/mol. The molecule has 1 aliphatic heterocycles. The lowest BCUT2D eigenvalue weighted by Crippen LogP contribution is -2.49. The molecule has 3 rings (SSSR count). The van der Waals surface area contributed by atoms with E-state index in [0.717, 1.165) is 36.6 Å². The van der Waals surface area contributed by atoms with E-state index in [4.69, 9.17) is 5.73 Å². The number of hydrogen-bond acceptors (Lipinski definition) is 3. The highest BCUT2D eigenvalue weighted by atomic mass is 79.9. The van der Waals surface area contributed by atoms with Crippen LogP contribution in [0.25, 0.3) is 0 Å². The molecule has 2 aliphatic rings. The van der Waals surface area contributed by atoms with Gasteiger partial charge in [-0.05, 0) is 37.0 Å². The van der Waals surface area contributed by atoms with Gasteiger partial charge in [0.2, 0.25) is 0 Å². The number of benzene rings is 1. The highest BCUT2D eigenvalue weighted by Crippen LogP contribution is 2.30. The van der Waals surface area contributed by atoms with Crippen molar-refractivity contribution in [1.82, 2.24) is 9.80 Å². The van der Waals surface area contributed by atoms with Crippen molar-refractivity contribution in [2.24, 2.45) is 5.92 Å². The van der Waals surface area contributed by atoms with Gasteiger partial charge >= 0.3 is 0 Å². The van der Waals surface area contributed by atoms with Crippen LogP contribution in [0.3, 0.4) is 0 Å². The minimum Gasteiger partial charge on any atom is -0.398 e. The molecule has 0 radical (unpaired) electrons. The number of anilines is 1. The zero-order valence-corrected chi connectivity index (χ0v) is 13.1. The van der Waals surface area contributed by atoms with Crippen LogP contribution >= 0.6 is 15.9 Å². The molecule has 0 unspecified atom stereocenters. The molecule has 2 fully saturated rings. The van der Waals surface area contributed by atoms with Crippen LogP contribution in [0.15, 0.2) is 22.7 Å². The predicted molar refractivity (Wildman–Crippen MR) is 83.6 cm³/mol. The first-order valence-corrected chi connectivity index (χ1v) is 7.99. The Kier molecular flexibility index (Phi) is 3.98. The van der Waals surface area contributed by atoms with E-state index in [1.54, 1.807) is 6.07 Å². The summed E-state index contributed by atoms with van der Waals surface area (Å²) in [5, 5.41) is 0. The molecule has 1 saturated carbocycles. The summed E-state index contributed by atoms with van der Waals surface area (Å²) in [6.07, 6.45) is 2.77. The number of piperazine rings is 1. The van der Waals surface area contributed by atoms with E-state index in [2.05, 4.69) is 20.8 Å². The number of hydrogen-bond donors (Lipinski definition) is 1. The number of nitrogens with two attached hydrogens (primary N) is 1. The highest BCUT2D eigenvalue weighted by molar-refractivity contribution is 9.10. The highest BCUT2D eigenvalue weighted by Gasteiger charge is 2.28. The second-order valence-electron chi connectivity index (χ2n) is 5.77. The maximum Gasteiger partial charge on any atom is 0.256 e. The molecule has 2 N–H and O–H groups in total. The molecule has 1 aliphatic carbocycles. The molecule has 0 aromatic heterocycles. The van der Waals surface area contributed by atoms with Gasteiger partial charge in [0, 0.05) is 42.9 Å². The van der Waals surface area contributed by atoms with Gasteiger partial charge in [0.25, 0.3) is 5.91 Å².